The van der Waals surface area contributed by atoms with Gasteiger partial charge in [-0.25, -0.2) is 0 Å². The largest absolute Gasteiger partial charge is 0.455 e. The molecule has 10 aromatic carbocycles. The molecule has 0 saturated heterocycles. The Morgan fingerprint density at radius 1 is 0.275 bits per heavy atom. The first-order valence-electron chi connectivity index (χ1n) is 17.6. The molecule has 1 aromatic heterocycles. The first-order valence-corrected chi connectivity index (χ1v) is 17.6. The van der Waals surface area contributed by atoms with Gasteiger partial charge in [-0.3, -0.25) is 0 Å². The van der Waals surface area contributed by atoms with Crippen molar-refractivity contribution in [1.82, 2.24) is 0 Å². The molecular weight excluding hydrogens is 617 g/mol. The molecular formula is C50H30O. The summed E-state index contributed by atoms with van der Waals surface area (Å²) in [5.41, 5.74) is 9.18. The van der Waals surface area contributed by atoms with Gasteiger partial charge in [-0.1, -0.05) is 170 Å². The molecule has 0 aliphatic heterocycles. The van der Waals surface area contributed by atoms with E-state index in [4.69, 9.17) is 4.42 Å². The number of furan rings is 1. The zero-order valence-corrected chi connectivity index (χ0v) is 27.7. The van der Waals surface area contributed by atoms with Gasteiger partial charge in [-0.2, -0.15) is 0 Å². The first-order chi connectivity index (χ1) is 25.3. The van der Waals surface area contributed by atoms with Crippen LogP contribution in [-0.2, 0) is 0 Å². The molecule has 11 rings (SSSR count). The second kappa shape index (κ2) is 10.9. The van der Waals surface area contributed by atoms with Crippen molar-refractivity contribution in [2.75, 3.05) is 0 Å². The van der Waals surface area contributed by atoms with Crippen molar-refractivity contribution in [2.45, 2.75) is 0 Å². The molecule has 0 aliphatic rings. The van der Waals surface area contributed by atoms with Gasteiger partial charge in [0.2, 0.25) is 0 Å². The molecule has 1 nitrogen and oxygen atoms in total. The maximum atomic E-state index is 6.74. The summed E-state index contributed by atoms with van der Waals surface area (Å²) in [4.78, 5) is 0. The van der Waals surface area contributed by atoms with Crippen LogP contribution < -0.4 is 0 Å². The van der Waals surface area contributed by atoms with Crippen LogP contribution in [0, 0.1) is 0 Å². The number of fused-ring (bicyclic) bond motifs is 10. The van der Waals surface area contributed by atoms with E-state index in [2.05, 4.69) is 182 Å². The topological polar surface area (TPSA) is 13.1 Å². The summed E-state index contributed by atoms with van der Waals surface area (Å²) in [7, 11) is 0. The van der Waals surface area contributed by atoms with E-state index in [1.165, 1.54) is 81.9 Å². The van der Waals surface area contributed by atoms with Crippen LogP contribution in [0.5, 0.6) is 0 Å². The zero-order valence-electron chi connectivity index (χ0n) is 27.7. The van der Waals surface area contributed by atoms with Gasteiger partial charge in [0.25, 0.3) is 0 Å². The average molecular weight is 647 g/mol. The van der Waals surface area contributed by atoms with Crippen LogP contribution in [0.4, 0.5) is 0 Å². The van der Waals surface area contributed by atoms with E-state index in [1.807, 2.05) is 0 Å². The number of benzene rings is 10. The molecule has 0 spiro atoms. The van der Waals surface area contributed by atoms with Gasteiger partial charge >= 0.3 is 0 Å². The minimum atomic E-state index is 0.901. The smallest absolute Gasteiger partial charge is 0.143 e. The fraction of sp³-hybridized carbons (Fsp3) is 0. The van der Waals surface area contributed by atoms with Crippen molar-refractivity contribution < 1.29 is 4.42 Å². The predicted octanol–water partition coefficient (Wildman–Crippen LogP) is 14.4. The molecule has 1 heteroatoms. The van der Waals surface area contributed by atoms with E-state index in [1.54, 1.807) is 0 Å². The molecule has 0 amide bonds. The summed E-state index contributed by atoms with van der Waals surface area (Å²) >= 11 is 0. The molecule has 236 valence electrons. The molecule has 11 aromatic rings. The predicted molar refractivity (Wildman–Crippen MR) is 218 cm³/mol. The maximum absolute atomic E-state index is 6.74. The Hall–Kier alpha value is -6.70. The highest BCUT2D eigenvalue weighted by Gasteiger charge is 2.23. The lowest BCUT2D eigenvalue weighted by Crippen LogP contribution is -1.94. The van der Waals surface area contributed by atoms with Crippen LogP contribution in [-0.4, -0.2) is 0 Å². The SMILES string of the molecule is c1ccc(-c2cccc3c(-c4cccc5c4ccc4ccccc45)c4ccccc4c(-c4cccc5oc6c7ccccc7ccc6c45)c23)cc1. The van der Waals surface area contributed by atoms with Crippen LogP contribution in [0.25, 0.3) is 109 Å². The summed E-state index contributed by atoms with van der Waals surface area (Å²) in [6.07, 6.45) is 0. The van der Waals surface area contributed by atoms with Crippen LogP contribution in [0.2, 0.25) is 0 Å². The molecule has 0 fully saturated rings. The van der Waals surface area contributed by atoms with Gasteiger partial charge in [-0.05, 0) is 94.0 Å². The Morgan fingerprint density at radius 3 is 1.65 bits per heavy atom. The molecule has 0 atom stereocenters. The maximum Gasteiger partial charge on any atom is 0.143 e. The van der Waals surface area contributed by atoms with Gasteiger partial charge in [0, 0.05) is 16.2 Å². The van der Waals surface area contributed by atoms with Gasteiger partial charge in [0.05, 0.1) is 0 Å². The van der Waals surface area contributed by atoms with Crippen LogP contribution in [0.15, 0.2) is 186 Å². The van der Waals surface area contributed by atoms with Gasteiger partial charge in [0.1, 0.15) is 11.2 Å². The fourth-order valence-electron chi connectivity index (χ4n) is 8.68. The summed E-state index contributed by atoms with van der Waals surface area (Å²) in [5.74, 6) is 0. The van der Waals surface area contributed by atoms with Gasteiger partial charge in [0.15, 0.2) is 0 Å². The quantitative estimate of drug-likeness (QED) is 0.138. The highest BCUT2D eigenvalue weighted by molar-refractivity contribution is 6.30. The van der Waals surface area contributed by atoms with E-state index in [-0.39, 0.29) is 0 Å². The van der Waals surface area contributed by atoms with E-state index in [9.17, 15) is 0 Å². The Kier molecular flexibility index (Phi) is 6.02. The molecule has 0 aliphatic carbocycles. The van der Waals surface area contributed by atoms with Crippen molar-refractivity contribution in [3.05, 3.63) is 182 Å². The summed E-state index contributed by atoms with van der Waals surface area (Å²) in [5, 5.41) is 14.6. The lowest BCUT2D eigenvalue weighted by molar-refractivity contribution is 0.673. The van der Waals surface area contributed by atoms with E-state index in [0.717, 1.165) is 27.3 Å². The van der Waals surface area contributed by atoms with Crippen molar-refractivity contribution in [2.24, 2.45) is 0 Å². The van der Waals surface area contributed by atoms with Crippen molar-refractivity contribution in [3.8, 4) is 33.4 Å². The molecule has 1 heterocycles. The van der Waals surface area contributed by atoms with Gasteiger partial charge < -0.3 is 4.42 Å². The van der Waals surface area contributed by atoms with E-state index < -0.39 is 0 Å². The molecule has 0 bridgehead atoms. The number of hydrogen-bond acceptors (Lipinski definition) is 1. The molecule has 0 N–H and O–H groups in total. The van der Waals surface area contributed by atoms with Gasteiger partial charge in [-0.15, -0.1) is 0 Å². The van der Waals surface area contributed by atoms with Crippen molar-refractivity contribution >= 4 is 75.8 Å². The average Bonchev–Trinajstić information content (AvgIpc) is 3.60. The zero-order chi connectivity index (χ0) is 33.5. The molecule has 0 unspecified atom stereocenters. The van der Waals surface area contributed by atoms with Crippen molar-refractivity contribution in [1.29, 1.82) is 0 Å². The second-order valence-electron chi connectivity index (χ2n) is 13.5. The Bertz CT molecular complexity index is 3180. The van der Waals surface area contributed by atoms with E-state index >= 15 is 0 Å². The third-order valence-electron chi connectivity index (χ3n) is 10.8. The highest BCUT2D eigenvalue weighted by Crippen LogP contribution is 2.51. The normalized spacial score (nSPS) is 11.9. The summed E-state index contributed by atoms with van der Waals surface area (Å²) in [6.45, 7) is 0. The second-order valence-corrected chi connectivity index (χ2v) is 13.5. The summed E-state index contributed by atoms with van der Waals surface area (Å²) in [6, 6.07) is 66.3. The highest BCUT2D eigenvalue weighted by atomic mass is 16.3. The monoisotopic (exact) mass is 646 g/mol. The number of hydrogen-bond donors (Lipinski definition) is 0. The summed E-state index contributed by atoms with van der Waals surface area (Å²) < 4.78 is 6.74. The van der Waals surface area contributed by atoms with Crippen LogP contribution >= 0.6 is 0 Å². The molecule has 0 saturated carbocycles. The Labute approximate surface area is 294 Å². The molecule has 51 heavy (non-hydrogen) atoms. The lowest BCUT2D eigenvalue weighted by atomic mass is 9.81. The number of rotatable bonds is 3. The standard InChI is InChI=1S/C50H30O/c1-2-13-31(14-3-1)35-21-10-24-42-46(39-23-11-22-37-34-17-6-4-15-32(34)27-29-38(37)39)40-19-8-9-20-41(40)49(48(35)42)43-25-12-26-45-47(43)44-30-28-33-16-5-7-18-36(33)50(44)51-45/h1-30H. The third-order valence-corrected chi connectivity index (χ3v) is 10.8. The minimum absolute atomic E-state index is 0.901. The third kappa shape index (κ3) is 4.09. The Balaban J connectivity index is 1.34. The van der Waals surface area contributed by atoms with E-state index in [0.29, 0.717) is 0 Å². The van der Waals surface area contributed by atoms with Crippen molar-refractivity contribution in [3.63, 3.8) is 0 Å². The van der Waals surface area contributed by atoms with Crippen LogP contribution in [0.1, 0.15) is 0 Å². The van der Waals surface area contributed by atoms with Crippen LogP contribution in [0.3, 0.4) is 0 Å². The fourth-order valence-corrected chi connectivity index (χ4v) is 8.68. The minimum Gasteiger partial charge on any atom is -0.455 e. The lowest BCUT2D eigenvalue weighted by Gasteiger charge is -2.21. The Morgan fingerprint density at radius 2 is 0.843 bits per heavy atom. The first kappa shape index (κ1) is 28.2. The molecule has 0 radical (unpaired) electrons.